The van der Waals surface area contributed by atoms with Crippen LogP contribution in [-0.2, 0) is 9.53 Å². The number of nitrogens with zero attached hydrogens (tertiary/aromatic N) is 1. The first-order chi connectivity index (χ1) is 9.52. The van der Waals surface area contributed by atoms with Gasteiger partial charge in [0, 0.05) is 18.7 Å². The molecule has 0 saturated carbocycles. The summed E-state index contributed by atoms with van der Waals surface area (Å²) >= 11 is 0. The summed E-state index contributed by atoms with van der Waals surface area (Å²) in [5.41, 5.74) is 0.932. The largest absolute Gasteiger partial charge is 0.497 e. The maximum atomic E-state index is 11.5. The van der Waals surface area contributed by atoms with Crippen LogP contribution in [0.5, 0.6) is 5.75 Å². The molecule has 0 aromatic heterocycles. The molecule has 1 rings (SSSR count). The van der Waals surface area contributed by atoms with Gasteiger partial charge >= 0.3 is 5.97 Å². The third-order valence-corrected chi connectivity index (χ3v) is 3.10. The quantitative estimate of drug-likeness (QED) is 0.567. The predicted octanol–water partition coefficient (Wildman–Crippen LogP) is 2.59. The number of ether oxygens (including phenoxy) is 2. The molecule has 0 atom stereocenters. The molecule has 4 heteroatoms. The molecule has 0 heterocycles. The normalized spacial score (nSPS) is 11.3. The molecule has 0 spiro atoms. The summed E-state index contributed by atoms with van der Waals surface area (Å²) in [7, 11) is 3.63. The Morgan fingerprint density at radius 3 is 2.50 bits per heavy atom. The zero-order valence-electron chi connectivity index (χ0n) is 12.6. The van der Waals surface area contributed by atoms with E-state index in [1.807, 2.05) is 31.3 Å². The Labute approximate surface area is 121 Å². The number of carbonyl (C=O) groups is 1. The lowest BCUT2D eigenvalue weighted by molar-refractivity contribution is -0.138. The summed E-state index contributed by atoms with van der Waals surface area (Å²) < 4.78 is 10.2. The topological polar surface area (TPSA) is 38.8 Å². The second kappa shape index (κ2) is 8.38. The molecule has 0 N–H and O–H groups in total. The summed E-state index contributed by atoms with van der Waals surface area (Å²) in [6.07, 6.45) is 3.17. The predicted molar refractivity (Wildman–Crippen MR) is 80.8 cm³/mol. The molecule has 0 aliphatic rings. The van der Waals surface area contributed by atoms with Gasteiger partial charge in [-0.25, -0.2) is 4.79 Å². The number of hydrogen-bond donors (Lipinski definition) is 0. The molecule has 20 heavy (non-hydrogen) atoms. The van der Waals surface area contributed by atoms with Gasteiger partial charge in [0.1, 0.15) is 12.4 Å². The average molecular weight is 277 g/mol. The molecule has 0 aliphatic heterocycles. The van der Waals surface area contributed by atoms with Crippen molar-refractivity contribution >= 4 is 12.0 Å². The van der Waals surface area contributed by atoms with E-state index in [-0.39, 0.29) is 5.97 Å². The van der Waals surface area contributed by atoms with Gasteiger partial charge in [-0.3, -0.25) is 0 Å². The van der Waals surface area contributed by atoms with Gasteiger partial charge in [-0.05, 0) is 44.7 Å². The van der Waals surface area contributed by atoms with E-state index < -0.39 is 0 Å². The molecule has 0 unspecified atom stereocenters. The minimum atomic E-state index is -0.321. The van der Waals surface area contributed by atoms with E-state index >= 15 is 0 Å². The lowest BCUT2D eigenvalue weighted by atomic mass is 10.2. The molecular weight excluding hydrogens is 254 g/mol. The van der Waals surface area contributed by atoms with Gasteiger partial charge in [-0.15, -0.1) is 0 Å². The molecule has 1 aromatic carbocycles. The number of methoxy groups -OCH3 is 1. The van der Waals surface area contributed by atoms with Crippen LogP contribution in [0.25, 0.3) is 6.08 Å². The van der Waals surface area contributed by atoms with Crippen LogP contribution >= 0.6 is 0 Å². The zero-order chi connectivity index (χ0) is 15.0. The first-order valence-electron chi connectivity index (χ1n) is 6.72. The Bertz CT molecular complexity index is 438. The van der Waals surface area contributed by atoms with E-state index in [0.717, 1.165) is 17.9 Å². The molecule has 1 aromatic rings. The first kappa shape index (κ1) is 16.2. The lowest BCUT2D eigenvalue weighted by Crippen LogP contribution is -2.30. The smallest absolute Gasteiger partial charge is 0.330 e. The third-order valence-electron chi connectivity index (χ3n) is 3.10. The van der Waals surface area contributed by atoms with Crippen molar-refractivity contribution in [2.24, 2.45) is 0 Å². The summed E-state index contributed by atoms with van der Waals surface area (Å²) in [4.78, 5) is 13.7. The van der Waals surface area contributed by atoms with Crippen molar-refractivity contribution < 1.29 is 14.3 Å². The number of esters is 1. The summed E-state index contributed by atoms with van der Waals surface area (Å²) in [5, 5.41) is 0. The highest BCUT2D eigenvalue weighted by molar-refractivity contribution is 5.87. The van der Waals surface area contributed by atoms with Crippen LogP contribution in [0, 0.1) is 0 Å². The van der Waals surface area contributed by atoms with Gasteiger partial charge in [0.25, 0.3) is 0 Å². The highest BCUT2D eigenvalue weighted by Gasteiger charge is 2.04. The van der Waals surface area contributed by atoms with Crippen LogP contribution in [0.15, 0.2) is 30.3 Å². The summed E-state index contributed by atoms with van der Waals surface area (Å²) in [6, 6.07) is 7.92. The maximum Gasteiger partial charge on any atom is 0.330 e. The van der Waals surface area contributed by atoms with Crippen LogP contribution in [0.1, 0.15) is 19.4 Å². The monoisotopic (exact) mass is 277 g/mol. The van der Waals surface area contributed by atoms with Gasteiger partial charge in [0.05, 0.1) is 7.11 Å². The Balaban J connectivity index is 2.35. The van der Waals surface area contributed by atoms with Crippen molar-refractivity contribution in [2.75, 3.05) is 27.3 Å². The summed E-state index contributed by atoms with van der Waals surface area (Å²) in [5.74, 6) is 0.472. The van der Waals surface area contributed by atoms with Gasteiger partial charge in [0.15, 0.2) is 0 Å². The van der Waals surface area contributed by atoms with Crippen LogP contribution < -0.4 is 4.74 Å². The molecule has 0 fully saturated rings. The van der Waals surface area contributed by atoms with Gasteiger partial charge in [0.2, 0.25) is 0 Å². The number of hydrogen-bond acceptors (Lipinski definition) is 4. The van der Waals surface area contributed by atoms with Gasteiger partial charge in [-0.1, -0.05) is 12.1 Å². The van der Waals surface area contributed by atoms with Crippen molar-refractivity contribution in [1.82, 2.24) is 4.90 Å². The number of benzene rings is 1. The van der Waals surface area contributed by atoms with Crippen LogP contribution in [0.4, 0.5) is 0 Å². The van der Waals surface area contributed by atoms with E-state index in [4.69, 9.17) is 9.47 Å². The fraction of sp³-hybridized carbons (Fsp3) is 0.438. The molecule has 0 radical (unpaired) electrons. The highest BCUT2D eigenvalue weighted by Crippen LogP contribution is 2.12. The van der Waals surface area contributed by atoms with E-state index in [0.29, 0.717) is 12.6 Å². The Kier molecular flexibility index (Phi) is 6.81. The Hall–Kier alpha value is -1.81. The third kappa shape index (κ3) is 5.89. The first-order valence-corrected chi connectivity index (χ1v) is 6.72. The van der Waals surface area contributed by atoms with E-state index in [9.17, 15) is 4.79 Å². The highest BCUT2D eigenvalue weighted by atomic mass is 16.5. The number of rotatable bonds is 7. The average Bonchev–Trinajstić information content (AvgIpc) is 2.45. The molecule has 4 nitrogen and oxygen atoms in total. The van der Waals surface area contributed by atoms with E-state index in [2.05, 4.69) is 18.7 Å². The molecule has 0 saturated heterocycles. The standard InChI is InChI=1S/C16H23NO3/c1-13(2)17(3)11-12-20-16(18)10-7-14-5-8-15(19-4)9-6-14/h5-10,13H,11-12H2,1-4H3/b10-7-. The van der Waals surface area contributed by atoms with Crippen LogP contribution in [-0.4, -0.2) is 44.2 Å². The second-order valence-electron chi connectivity index (χ2n) is 4.85. The molecule has 0 aliphatic carbocycles. The second-order valence-corrected chi connectivity index (χ2v) is 4.85. The van der Waals surface area contributed by atoms with Crippen molar-refractivity contribution in [3.05, 3.63) is 35.9 Å². The van der Waals surface area contributed by atoms with E-state index in [1.165, 1.54) is 6.08 Å². The fourth-order valence-electron chi connectivity index (χ4n) is 1.48. The van der Waals surface area contributed by atoms with Crippen molar-refractivity contribution in [2.45, 2.75) is 19.9 Å². The number of carbonyl (C=O) groups excluding carboxylic acids is 1. The Morgan fingerprint density at radius 2 is 1.95 bits per heavy atom. The van der Waals surface area contributed by atoms with Crippen molar-refractivity contribution in [3.63, 3.8) is 0 Å². The van der Waals surface area contributed by atoms with Crippen molar-refractivity contribution in [3.8, 4) is 5.75 Å². The summed E-state index contributed by atoms with van der Waals surface area (Å²) in [6.45, 7) is 5.34. The Morgan fingerprint density at radius 1 is 1.30 bits per heavy atom. The van der Waals surface area contributed by atoms with E-state index in [1.54, 1.807) is 13.2 Å². The zero-order valence-corrected chi connectivity index (χ0v) is 12.6. The minimum Gasteiger partial charge on any atom is -0.497 e. The minimum absolute atomic E-state index is 0.321. The van der Waals surface area contributed by atoms with Crippen molar-refractivity contribution in [1.29, 1.82) is 0 Å². The molecule has 0 bridgehead atoms. The SMILES string of the molecule is COc1ccc(/C=C\C(=O)OCCN(C)C(C)C)cc1. The molecule has 110 valence electrons. The van der Waals surface area contributed by atoms with Gasteiger partial charge < -0.3 is 14.4 Å². The fourth-order valence-corrected chi connectivity index (χ4v) is 1.48. The molecule has 0 amide bonds. The van der Waals surface area contributed by atoms with Gasteiger partial charge in [-0.2, -0.15) is 0 Å². The lowest BCUT2D eigenvalue weighted by Gasteiger charge is -2.20. The van der Waals surface area contributed by atoms with Crippen LogP contribution in [0.2, 0.25) is 0 Å². The van der Waals surface area contributed by atoms with Crippen LogP contribution in [0.3, 0.4) is 0 Å². The maximum absolute atomic E-state index is 11.5. The molecular formula is C16H23NO3. The number of likely N-dealkylation sites (N-methyl/N-ethyl adjacent to an activating group) is 1.